The van der Waals surface area contributed by atoms with Gasteiger partial charge in [0.05, 0.1) is 0 Å². The summed E-state index contributed by atoms with van der Waals surface area (Å²) in [5.41, 5.74) is 0.0624. The summed E-state index contributed by atoms with van der Waals surface area (Å²) >= 11 is 0. The second-order valence-corrected chi connectivity index (χ2v) is 5.77. The summed E-state index contributed by atoms with van der Waals surface area (Å²) in [4.78, 5) is 25.6. The molecule has 1 aromatic rings. The van der Waals surface area contributed by atoms with Crippen LogP contribution in [0.25, 0.3) is 0 Å². The van der Waals surface area contributed by atoms with Crippen LogP contribution in [-0.4, -0.2) is 25.1 Å². The monoisotopic (exact) mass is 276 g/mol. The summed E-state index contributed by atoms with van der Waals surface area (Å²) in [6.45, 7) is 2.48. The fraction of sp³-hybridized carbons (Fsp3) is 0.222. The molecule has 6 nitrogen and oxygen atoms in total. The molecule has 0 aliphatic heterocycles. The summed E-state index contributed by atoms with van der Waals surface area (Å²) in [5.74, 6) is -0.831. The van der Waals surface area contributed by atoms with Crippen LogP contribution in [0.1, 0.15) is 24.3 Å². The quantitative estimate of drug-likeness (QED) is 0.661. The number of carbonyl (C=O) groups excluding carboxylic acids is 2. The highest BCUT2D eigenvalue weighted by molar-refractivity contribution is 8.13. The van der Waals surface area contributed by atoms with E-state index < -0.39 is 25.8 Å². The van der Waals surface area contributed by atoms with Crippen molar-refractivity contribution in [2.45, 2.75) is 18.9 Å². The van der Waals surface area contributed by atoms with Crippen molar-refractivity contribution in [3.63, 3.8) is 0 Å². The highest BCUT2D eigenvalue weighted by Gasteiger charge is 2.16. The molecule has 1 N–H and O–H groups in total. The Morgan fingerprint density at radius 1 is 1.29 bits per heavy atom. The number of rotatable bonds is 3. The number of ketones is 1. The normalized spacial score (nSPS) is 11.0. The van der Waals surface area contributed by atoms with Gasteiger partial charge in [-0.3, -0.25) is 9.59 Å². The van der Waals surface area contributed by atoms with E-state index in [1.54, 1.807) is 0 Å². The van der Waals surface area contributed by atoms with Crippen LogP contribution in [0.15, 0.2) is 17.2 Å². The zero-order valence-electron chi connectivity index (χ0n) is 9.02. The molecule has 0 aromatic carbocycles. The summed E-state index contributed by atoms with van der Waals surface area (Å²) in [6.07, 6.45) is 0. The minimum atomic E-state index is -4.06. The third kappa shape index (κ3) is 3.79. The van der Waals surface area contributed by atoms with Crippen LogP contribution >= 0.6 is 10.7 Å². The zero-order chi connectivity index (χ0) is 13.2. The van der Waals surface area contributed by atoms with Gasteiger partial charge in [-0.2, -0.15) is 0 Å². The Morgan fingerprint density at radius 3 is 2.29 bits per heavy atom. The Morgan fingerprint density at radius 2 is 1.88 bits per heavy atom. The first kappa shape index (κ1) is 13.6. The number of hydrogen-bond donors (Lipinski definition) is 1. The molecule has 0 aliphatic rings. The predicted octanol–water partition coefficient (Wildman–Crippen LogP) is 1.17. The third-order valence-electron chi connectivity index (χ3n) is 1.73. The van der Waals surface area contributed by atoms with Crippen LogP contribution in [0.3, 0.4) is 0 Å². The second kappa shape index (κ2) is 4.80. The molecule has 0 radical (unpaired) electrons. The number of carbonyl (C=O) groups is 2. The number of hydrogen-bond acceptors (Lipinski definition) is 5. The van der Waals surface area contributed by atoms with E-state index in [9.17, 15) is 18.0 Å². The Hall–Kier alpha value is -1.47. The van der Waals surface area contributed by atoms with E-state index in [2.05, 4.69) is 10.3 Å². The maximum absolute atomic E-state index is 11.1. The van der Waals surface area contributed by atoms with Crippen molar-refractivity contribution < 1.29 is 18.0 Å². The van der Waals surface area contributed by atoms with E-state index >= 15 is 0 Å². The first-order valence-corrected chi connectivity index (χ1v) is 6.76. The van der Waals surface area contributed by atoms with Gasteiger partial charge in [0, 0.05) is 36.3 Å². The lowest BCUT2D eigenvalue weighted by Gasteiger charge is -2.05. The molecule has 0 atom stereocenters. The fourth-order valence-electron chi connectivity index (χ4n) is 1.09. The summed E-state index contributed by atoms with van der Waals surface area (Å²) in [7, 11) is 1.07. The van der Waals surface area contributed by atoms with Crippen LogP contribution in [0, 0.1) is 0 Å². The van der Waals surface area contributed by atoms with Crippen molar-refractivity contribution in [2.24, 2.45) is 0 Å². The molecule has 1 amide bonds. The predicted molar refractivity (Wildman–Crippen MR) is 61.6 cm³/mol. The molecule has 0 bridgehead atoms. The van der Waals surface area contributed by atoms with Crippen molar-refractivity contribution in [3.05, 3.63) is 17.8 Å². The SMILES string of the molecule is CC(=O)Nc1cc(C(C)=O)nc(S(=O)(=O)Cl)c1. The van der Waals surface area contributed by atoms with Gasteiger partial charge in [-0.1, -0.05) is 0 Å². The molecule has 8 heteroatoms. The fourth-order valence-corrected chi connectivity index (χ4v) is 1.80. The number of nitrogens with one attached hydrogen (secondary N) is 1. The maximum atomic E-state index is 11.1. The van der Waals surface area contributed by atoms with Crippen LogP contribution in [0.2, 0.25) is 0 Å². The molecule has 0 unspecified atom stereocenters. The minimum absolute atomic E-state index is 0.0875. The minimum Gasteiger partial charge on any atom is -0.326 e. The Labute approximate surface area is 102 Å². The van der Waals surface area contributed by atoms with Gasteiger partial charge in [-0.05, 0) is 6.07 Å². The van der Waals surface area contributed by atoms with E-state index in [0.717, 1.165) is 6.07 Å². The van der Waals surface area contributed by atoms with Gasteiger partial charge >= 0.3 is 0 Å². The molecule has 1 rings (SSSR count). The Balaban J connectivity index is 3.39. The number of pyridine rings is 1. The molecule has 0 saturated heterocycles. The lowest BCUT2D eigenvalue weighted by molar-refractivity contribution is -0.114. The zero-order valence-corrected chi connectivity index (χ0v) is 10.6. The van der Waals surface area contributed by atoms with Crippen LogP contribution < -0.4 is 5.32 Å². The molecular formula is C9H9ClN2O4S. The topological polar surface area (TPSA) is 93.2 Å². The summed E-state index contributed by atoms with van der Waals surface area (Å²) < 4.78 is 22.2. The van der Waals surface area contributed by atoms with Gasteiger partial charge in [0.15, 0.2) is 10.8 Å². The number of halogens is 1. The van der Waals surface area contributed by atoms with Gasteiger partial charge in [0.25, 0.3) is 9.05 Å². The molecule has 0 saturated carbocycles. The van der Waals surface area contributed by atoms with Crippen molar-refractivity contribution in [3.8, 4) is 0 Å². The van der Waals surface area contributed by atoms with E-state index in [1.165, 1.54) is 19.9 Å². The molecule has 1 aromatic heterocycles. The van der Waals surface area contributed by atoms with Gasteiger partial charge in [0.1, 0.15) is 5.69 Å². The van der Waals surface area contributed by atoms with E-state index in [4.69, 9.17) is 10.7 Å². The van der Waals surface area contributed by atoms with Crippen LogP contribution in [-0.2, 0) is 13.8 Å². The van der Waals surface area contributed by atoms with E-state index in [1.807, 2.05) is 0 Å². The van der Waals surface area contributed by atoms with Gasteiger partial charge in [-0.25, -0.2) is 13.4 Å². The molecule has 92 valence electrons. The van der Waals surface area contributed by atoms with Crippen molar-refractivity contribution in [2.75, 3.05) is 5.32 Å². The average Bonchev–Trinajstić information content (AvgIpc) is 2.14. The number of anilines is 1. The van der Waals surface area contributed by atoms with Crippen molar-refractivity contribution >= 4 is 37.1 Å². The third-order valence-corrected chi connectivity index (χ3v) is 2.92. The highest BCUT2D eigenvalue weighted by Crippen LogP contribution is 2.19. The highest BCUT2D eigenvalue weighted by atomic mass is 35.7. The maximum Gasteiger partial charge on any atom is 0.278 e. The van der Waals surface area contributed by atoms with Gasteiger partial charge < -0.3 is 5.32 Å². The van der Waals surface area contributed by atoms with Crippen molar-refractivity contribution in [1.82, 2.24) is 4.98 Å². The standard InChI is InChI=1S/C9H9ClN2O4S/c1-5(13)8-3-7(11-6(2)14)4-9(12-8)17(10,15)16/h3-4H,1-2H3,(H,11,12,14). The largest absolute Gasteiger partial charge is 0.326 e. The van der Waals surface area contributed by atoms with E-state index in [-0.39, 0.29) is 11.4 Å². The summed E-state index contributed by atoms with van der Waals surface area (Å²) in [5, 5.41) is 1.88. The van der Waals surface area contributed by atoms with Gasteiger partial charge in [0.2, 0.25) is 5.91 Å². The average molecular weight is 277 g/mol. The lowest BCUT2D eigenvalue weighted by Crippen LogP contribution is -2.10. The van der Waals surface area contributed by atoms with Gasteiger partial charge in [-0.15, -0.1) is 0 Å². The number of amides is 1. The lowest BCUT2D eigenvalue weighted by atomic mass is 10.2. The molecule has 0 spiro atoms. The van der Waals surface area contributed by atoms with Crippen LogP contribution in [0.4, 0.5) is 5.69 Å². The Bertz CT molecular complexity index is 583. The second-order valence-electron chi connectivity index (χ2n) is 3.25. The van der Waals surface area contributed by atoms with Crippen molar-refractivity contribution in [1.29, 1.82) is 0 Å². The molecule has 0 fully saturated rings. The smallest absolute Gasteiger partial charge is 0.278 e. The number of nitrogens with zero attached hydrogens (tertiary/aromatic N) is 1. The molecular weight excluding hydrogens is 268 g/mol. The van der Waals surface area contributed by atoms with E-state index in [0.29, 0.717) is 0 Å². The number of Topliss-reactive ketones (excluding diaryl/α,β-unsaturated/α-hetero) is 1. The number of aromatic nitrogens is 1. The van der Waals surface area contributed by atoms with Crippen LogP contribution in [0.5, 0.6) is 0 Å². The first-order chi connectivity index (χ1) is 7.70. The molecule has 17 heavy (non-hydrogen) atoms. The first-order valence-electron chi connectivity index (χ1n) is 4.45. The molecule has 0 aliphatic carbocycles. The Kier molecular flexibility index (Phi) is 3.84. The molecule has 1 heterocycles. The summed E-state index contributed by atoms with van der Waals surface area (Å²) in [6, 6.07) is 2.35.